The predicted octanol–water partition coefficient (Wildman–Crippen LogP) is 15.0. The first-order chi connectivity index (χ1) is 31.7. The molecular formula is C58H35N5O. The van der Waals surface area contributed by atoms with Crippen molar-refractivity contribution in [3.63, 3.8) is 0 Å². The van der Waals surface area contributed by atoms with Gasteiger partial charge in [-0.2, -0.15) is 0 Å². The molecule has 5 heterocycles. The van der Waals surface area contributed by atoms with E-state index < -0.39 is 0 Å². The second-order valence-electron chi connectivity index (χ2n) is 16.6. The fraction of sp³-hybridized carbons (Fsp3) is 0. The van der Waals surface area contributed by atoms with Crippen LogP contribution in [0.2, 0.25) is 0 Å². The van der Waals surface area contributed by atoms with Gasteiger partial charge in [0.25, 0.3) is 0 Å². The van der Waals surface area contributed by atoms with Crippen LogP contribution in [0.1, 0.15) is 0 Å². The van der Waals surface area contributed by atoms with Gasteiger partial charge >= 0.3 is 0 Å². The summed E-state index contributed by atoms with van der Waals surface area (Å²) in [7, 11) is 0. The van der Waals surface area contributed by atoms with Crippen LogP contribution in [-0.4, -0.2) is 23.7 Å². The molecule has 0 aliphatic heterocycles. The van der Waals surface area contributed by atoms with Crippen LogP contribution < -0.4 is 0 Å². The number of rotatable bonds is 5. The van der Waals surface area contributed by atoms with Crippen molar-refractivity contribution in [1.29, 1.82) is 0 Å². The lowest BCUT2D eigenvalue weighted by Crippen LogP contribution is -1.95. The molecular weight excluding hydrogens is 783 g/mol. The minimum atomic E-state index is 0.669. The Bertz CT molecular complexity index is 4150. The van der Waals surface area contributed by atoms with Gasteiger partial charge in [-0.05, 0) is 96.1 Å². The molecule has 0 N–H and O–H groups in total. The summed E-state index contributed by atoms with van der Waals surface area (Å²) in [5.41, 5.74) is 16.5. The van der Waals surface area contributed by atoms with Crippen LogP contribution in [0.25, 0.3) is 127 Å². The van der Waals surface area contributed by atoms with Crippen LogP contribution >= 0.6 is 0 Å². The molecule has 64 heavy (non-hydrogen) atoms. The zero-order chi connectivity index (χ0) is 41.9. The number of hydrogen-bond donors (Lipinski definition) is 0. The summed E-state index contributed by atoms with van der Waals surface area (Å²) in [5, 5.41) is 8.28. The molecule has 9 aromatic carbocycles. The number of hydrogen-bond acceptors (Lipinski definition) is 3. The Morgan fingerprint density at radius 3 is 1.55 bits per heavy atom. The molecule has 5 aromatic heterocycles. The third kappa shape index (κ3) is 5.02. The summed E-state index contributed by atoms with van der Waals surface area (Å²) in [4.78, 5) is 9.70. The summed E-state index contributed by atoms with van der Waals surface area (Å²) >= 11 is 0. The van der Waals surface area contributed by atoms with Gasteiger partial charge in [-0.3, -0.25) is 0 Å². The fourth-order valence-corrected chi connectivity index (χ4v) is 10.3. The summed E-state index contributed by atoms with van der Waals surface area (Å²) in [6.45, 7) is 0. The Kier molecular flexibility index (Phi) is 7.30. The van der Waals surface area contributed by atoms with Gasteiger partial charge in [0, 0.05) is 60.3 Å². The number of aromatic nitrogens is 5. The van der Waals surface area contributed by atoms with E-state index in [-0.39, 0.29) is 0 Å². The van der Waals surface area contributed by atoms with E-state index in [1.54, 1.807) is 6.33 Å². The van der Waals surface area contributed by atoms with E-state index in [1.807, 2.05) is 0 Å². The van der Waals surface area contributed by atoms with E-state index in [9.17, 15) is 0 Å². The summed E-state index contributed by atoms with van der Waals surface area (Å²) in [6.07, 6.45) is 1.66. The van der Waals surface area contributed by atoms with Gasteiger partial charge in [0.2, 0.25) is 0 Å². The molecule has 0 amide bonds. The van der Waals surface area contributed by atoms with Crippen LogP contribution in [0.3, 0.4) is 0 Å². The van der Waals surface area contributed by atoms with Gasteiger partial charge in [0.15, 0.2) is 5.58 Å². The summed E-state index contributed by atoms with van der Waals surface area (Å²) < 4.78 is 13.7. The number of para-hydroxylation sites is 5. The molecule has 0 atom stereocenters. The SMILES string of the molecule is c1ccc(-n2c3ccccc3c3cc(-c4ccc5c6ccccc6n(-c6cccc(-c7ncnc8c7oc7ccc(-n9c%10ccccc%10c%10ccccc%109)cc78)c6)c5c4)ccc32)cc1. The van der Waals surface area contributed by atoms with E-state index >= 15 is 0 Å². The average Bonchev–Trinajstić information content (AvgIpc) is 4.10. The third-order valence-electron chi connectivity index (χ3n) is 13.1. The summed E-state index contributed by atoms with van der Waals surface area (Å²) in [5.74, 6) is 0. The van der Waals surface area contributed by atoms with E-state index in [0.717, 1.165) is 72.4 Å². The quantitative estimate of drug-likeness (QED) is 0.174. The van der Waals surface area contributed by atoms with Crippen LogP contribution in [-0.2, 0) is 0 Å². The van der Waals surface area contributed by atoms with Crippen molar-refractivity contribution in [3.8, 4) is 39.4 Å². The largest absolute Gasteiger partial charge is 0.452 e. The highest BCUT2D eigenvalue weighted by molar-refractivity contribution is 6.14. The van der Waals surface area contributed by atoms with Crippen LogP contribution in [0, 0.1) is 0 Å². The number of fused-ring (bicyclic) bond motifs is 12. The molecule has 0 aliphatic rings. The number of nitrogens with zero attached hydrogens (tertiary/aromatic N) is 5. The first-order valence-electron chi connectivity index (χ1n) is 21.6. The van der Waals surface area contributed by atoms with Gasteiger partial charge < -0.3 is 18.1 Å². The Morgan fingerprint density at radius 2 is 0.844 bits per heavy atom. The zero-order valence-corrected chi connectivity index (χ0v) is 34.4. The average molecular weight is 818 g/mol. The van der Waals surface area contributed by atoms with E-state index in [4.69, 9.17) is 14.4 Å². The second kappa shape index (κ2) is 13.4. The molecule has 0 unspecified atom stereocenters. The fourth-order valence-electron chi connectivity index (χ4n) is 10.3. The van der Waals surface area contributed by atoms with Crippen LogP contribution in [0.4, 0.5) is 0 Å². The van der Waals surface area contributed by atoms with Crippen LogP contribution in [0.5, 0.6) is 0 Å². The van der Waals surface area contributed by atoms with Gasteiger partial charge in [0.1, 0.15) is 23.1 Å². The van der Waals surface area contributed by atoms with Crippen molar-refractivity contribution < 1.29 is 4.42 Å². The minimum absolute atomic E-state index is 0.669. The smallest absolute Gasteiger partial charge is 0.180 e. The van der Waals surface area contributed by atoms with Crippen molar-refractivity contribution in [3.05, 3.63) is 213 Å². The third-order valence-corrected chi connectivity index (χ3v) is 13.1. The minimum Gasteiger partial charge on any atom is -0.452 e. The van der Waals surface area contributed by atoms with Gasteiger partial charge in [-0.25, -0.2) is 9.97 Å². The normalized spacial score (nSPS) is 12.1. The molecule has 14 aromatic rings. The molecule has 6 heteroatoms. The van der Waals surface area contributed by atoms with Crippen molar-refractivity contribution in [2.24, 2.45) is 0 Å². The Hall–Kier alpha value is -8.74. The van der Waals surface area contributed by atoms with E-state index in [2.05, 4.69) is 220 Å². The molecule has 0 fully saturated rings. The molecule has 0 radical (unpaired) electrons. The Morgan fingerprint density at radius 1 is 0.312 bits per heavy atom. The van der Waals surface area contributed by atoms with Crippen LogP contribution in [0.15, 0.2) is 217 Å². The summed E-state index contributed by atoms with van der Waals surface area (Å²) in [6, 6.07) is 74.0. The van der Waals surface area contributed by atoms with Crippen molar-refractivity contribution in [1.82, 2.24) is 23.7 Å². The zero-order valence-electron chi connectivity index (χ0n) is 34.4. The predicted molar refractivity (Wildman–Crippen MR) is 263 cm³/mol. The molecule has 0 bridgehead atoms. The van der Waals surface area contributed by atoms with Crippen molar-refractivity contribution in [2.75, 3.05) is 0 Å². The van der Waals surface area contributed by atoms with Crippen molar-refractivity contribution >= 4 is 87.5 Å². The van der Waals surface area contributed by atoms with Gasteiger partial charge in [-0.15, -0.1) is 0 Å². The van der Waals surface area contributed by atoms with E-state index in [1.165, 1.54) is 48.9 Å². The Balaban J connectivity index is 0.908. The molecule has 0 saturated heterocycles. The first-order valence-corrected chi connectivity index (χ1v) is 21.6. The molecule has 0 spiro atoms. The number of furan rings is 1. The maximum absolute atomic E-state index is 6.66. The maximum atomic E-state index is 6.66. The lowest BCUT2D eigenvalue weighted by atomic mass is 10.0. The lowest BCUT2D eigenvalue weighted by Gasteiger charge is -2.11. The second-order valence-corrected chi connectivity index (χ2v) is 16.6. The van der Waals surface area contributed by atoms with E-state index in [0.29, 0.717) is 5.58 Å². The Labute approximate surface area is 366 Å². The molecule has 0 aliphatic carbocycles. The molecule has 6 nitrogen and oxygen atoms in total. The maximum Gasteiger partial charge on any atom is 0.180 e. The monoisotopic (exact) mass is 817 g/mol. The number of benzene rings is 9. The topological polar surface area (TPSA) is 53.7 Å². The van der Waals surface area contributed by atoms with Gasteiger partial charge in [0.05, 0.1) is 33.1 Å². The van der Waals surface area contributed by atoms with Crippen molar-refractivity contribution in [2.45, 2.75) is 0 Å². The highest BCUT2D eigenvalue weighted by Gasteiger charge is 2.20. The molecule has 0 saturated carbocycles. The molecule has 14 rings (SSSR count). The highest BCUT2D eigenvalue weighted by atomic mass is 16.3. The lowest BCUT2D eigenvalue weighted by molar-refractivity contribution is 0.667. The highest BCUT2D eigenvalue weighted by Crippen LogP contribution is 2.41. The standard InChI is InChI=1S/C58H35N5O/c1-2-14-39(15-3-1)61-52-24-11-7-20-45(52)47-32-36(26-29-53(47)61)37-25-28-46-44-19-6-10-23-51(44)63(54(46)33-37)40-16-12-13-38(31-40)56-58-57(60-35-59-56)48-34-41(27-30-55(48)64-58)62-49-21-8-4-17-42(49)43-18-5-9-22-50(43)62/h1-35H. The molecule has 298 valence electrons. The first kappa shape index (κ1) is 34.9. The van der Waals surface area contributed by atoms with Gasteiger partial charge in [-0.1, -0.05) is 121 Å².